The van der Waals surface area contributed by atoms with Crippen molar-refractivity contribution < 1.29 is 18.0 Å². The van der Waals surface area contributed by atoms with Crippen LogP contribution in [-0.2, 0) is 14.8 Å². The van der Waals surface area contributed by atoms with Gasteiger partial charge in [0.05, 0.1) is 22.7 Å². The van der Waals surface area contributed by atoms with Gasteiger partial charge in [0.1, 0.15) is 0 Å². The SMILES string of the molecule is CCNC(=O)CNC(=O)c1ccccc1NS(=O)(=O)c1ccc(Cl)cc1. The van der Waals surface area contributed by atoms with E-state index in [0.29, 0.717) is 11.6 Å². The second-order valence-corrected chi connectivity index (χ2v) is 7.36. The van der Waals surface area contributed by atoms with Gasteiger partial charge in [-0.05, 0) is 43.3 Å². The van der Waals surface area contributed by atoms with E-state index in [-0.39, 0.29) is 28.6 Å². The third kappa shape index (κ3) is 5.21. The summed E-state index contributed by atoms with van der Waals surface area (Å²) in [5.41, 5.74) is 0.213. The summed E-state index contributed by atoms with van der Waals surface area (Å²) in [5, 5.41) is 5.42. The largest absolute Gasteiger partial charge is 0.355 e. The zero-order valence-corrected chi connectivity index (χ0v) is 15.5. The molecule has 0 aliphatic rings. The van der Waals surface area contributed by atoms with Crippen molar-refractivity contribution in [3.63, 3.8) is 0 Å². The molecule has 0 atom stereocenters. The van der Waals surface area contributed by atoms with Gasteiger partial charge < -0.3 is 10.6 Å². The van der Waals surface area contributed by atoms with Gasteiger partial charge >= 0.3 is 0 Å². The molecule has 2 amide bonds. The Bertz CT molecular complexity index is 898. The molecule has 3 N–H and O–H groups in total. The summed E-state index contributed by atoms with van der Waals surface area (Å²) in [6.45, 7) is 2.01. The molecule has 0 aliphatic carbocycles. The summed E-state index contributed by atoms with van der Waals surface area (Å²) >= 11 is 5.77. The first-order valence-electron chi connectivity index (χ1n) is 7.76. The predicted molar refractivity (Wildman–Crippen MR) is 99.7 cm³/mol. The number of para-hydroxylation sites is 1. The maximum absolute atomic E-state index is 12.5. The molecule has 0 unspecified atom stereocenters. The Balaban J connectivity index is 2.19. The maximum Gasteiger partial charge on any atom is 0.261 e. The van der Waals surface area contributed by atoms with Crippen LogP contribution in [0, 0.1) is 0 Å². The van der Waals surface area contributed by atoms with Crippen molar-refractivity contribution in [3.8, 4) is 0 Å². The van der Waals surface area contributed by atoms with Crippen LogP contribution in [0.2, 0.25) is 5.02 Å². The van der Waals surface area contributed by atoms with E-state index in [0.717, 1.165) is 0 Å². The van der Waals surface area contributed by atoms with Gasteiger partial charge in [-0.15, -0.1) is 0 Å². The van der Waals surface area contributed by atoms with Gasteiger partial charge in [-0.2, -0.15) is 0 Å². The molecule has 2 rings (SSSR count). The Morgan fingerprint density at radius 1 is 1.00 bits per heavy atom. The number of halogens is 1. The smallest absolute Gasteiger partial charge is 0.261 e. The third-order valence-corrected chi connectivity index (χ3v) is 4.96. The Morgan fingerprint density at radius 3 is 2.31 bits per heavy atom. The molecule has 0 fully saturated rings. The number of carbonyl (C=O) groups excluding carboxylic acids is 2. The van der Waals surface area contributed by atoms with Gasteiger partial charge in [-0.3, -0.25) is 14.3 Å². The Hall–Kier alpha value is -2.58. The molecule has 0 saturated carbocycles. The molecule has 26 heavy (non-hydrogen) atoms. The molecular formula is C17H18ClN3O4S. The van der Waals surface area contributed by atoms with Crippen LogP contribution in [-0.4, -0.2) is 33.3 Å². The molecule has 0 saturated heterocycles. The minimum Gasteiger partial charge on any atom is -0.355 e. The molecule has 0 bridgehead atoms. The molecule has 0 spiro atoms. The van der Waals surface area contributed by atoms with E-state index >= 15 is 0 Å². The lowest BCUT2D eigenvalue weighted by Gasteiger charge is -2.13. The molecule has 0 aliphatic heterocycles. The molecule has 7 nitrogen and oxygen atoms in total. The normalized spacial score (nSPS) is 10.8. The Labute approximate surface area is 156 Å². The summed E-state index contributed by atoms with van der Waals surface area (Å²) < 4.78 is 27.4. The number of amides is 2. The minimum atomic E-state index is -3.89. The predicted octanol–water partition coefficient (Wildman–Crippen LogP) is 2.01. The van der Waals surface area contributed by atoms with Crippen LogP contribution in [0.3, 0.4) is 0 Å². The second kappa shape index (κ2) is 8.68. The average molecular weight is 396 g/mol. The van der Waals surface area contributed by atoms with E-state index in [9.17, 15) is 18.0 Å². The number of rotatable bonds is 7. The van der Waals surface area contributed by atoms with Crippen LogP contribution < -0.4 is 15.4 Å². The Morgan fingerprint density at radius 2 is 1.65 bits per heavy atom. The summed E-state index contributed by atoms with van der Waals surface area (Å²) in [4.78, 5) is 23.8. The monoisotopic (exact) mass is 395 g/mol. The number of nitrogens with one attached hydrogen (secondary N) is 3. The lowest BCUT2D eigenvalue weighted by molar-refractivity contribution is -0.120. The topological polar surface area (TPSA) is 104 Å². The van der Waals surface area contributed by atoms with Gasteiger partial charge in [-0.1, -0.05) is 23.7 Å². The molecule has 0 radical (unpaired) electrons. The van der Waals surface area contributed by atoms with Crippen molar-refractivity contribution in [2.24, 2.45) is 0 Å². The number of hydrogen-bond acceptors (Lipinski definition) is 4. The van der Waals surface area contributed by atoms with Crippen molar-refractivity contribution in [2.75, 3.05) is 17.8 Å². The second-order valence-electron chi connectivity index (χ2n) is 5.24. The number of benzene rings is 2. The molecule has 2 aromatic rings. The molecule has 0 heterocycles. The fraction of sp³-hybridized carbons (Fsp3) is 0.176. The van der Waals surface area contributed by atoms with Crippen LogP contribution in [0.1, 0.15) is 17.3 Å². The number of likely N-dealkylation sites (N-methyl/N-ethyl adjacent to an activating group) is 1. The highest BCUT2D eigenvalue weighted by molar-refractivity contribution is 7.92. The van der Waals surface area contributed by atoms with E-state index in [1.54, 1.807) is 19.1 Å². The van der Waals surface area contributed by atoms with Crippen molar-refractivity contribution in [3.05, 3.63) is 59.1 Å². The number of carbonyl (C=O) groups is 2. The van der Waals surface area contributed by atoms with Crippen molar-refractivity contribution in [1.29, 1.82) is 0 Å². The van der Waals surface area contributed by atoms with E-state index in [1.165, 1.54) is 36.4 Å². The highest BCUT2D eigenvalue weighted by Gasteiger charge is 2.18. The molecular weight excluding hydrogens is 378 g/mol. The lowest BCUT2D eigenvalue weighted by Crippen LogP contribution is -2.37. The minimum absolute atomic E-state index is 0.0134. The third-order valence-electron chi connectivity index (χ3n) is 3.32. The van der Waals surface area contributed by atoms with Crippen LogP contribution in [0.5, 0.6) is 0 Å². The molecule has 9 heteroatoms. The number of anilines is 1. The summed E-state index contributed by atoms with van der Waals surface area (Å²) in [5.74, 6) is -0.897. The van der Waals surface area contributed by atoms with E-state index in [2.05, 4.69) is 15.4 Å². The first kappa shape index (κ1) is 19.7. The molecule has 138 valence electrons. The summed E-state index contributed by atoms with van der Waals surface area (Å²) in [6.07, 6.45) is 0. The van der Waals surface area contributed by atoms with Gasteiger partial charge in [0.2, 0.25) is 5.91 Å². The number of sulfonamides is 1. The highest BCUT2D eigenvalue weighted by atomic mass is 35.5. The van der Waals surface area contributed by atoms with Crippen LogP contribution in [0.25, 0.3) is 0 Å². The van der Waals surface area contributed by atoms with Crippen molar-refractivity contribution in [1.82, 2.24) is 10.6 Å². The lowest BCUT2D eigenvalue weighted by atomic mass is 10.1. The van der Waals surface area contributed by atoms with E-state index in [4.69, 9.17) is 11.6 Å². The number of hydrogen-bond donors (Lipinski definition) is 3. The Kier molecular flexibility index (Phi) is 6.59. The maximum atomic E-state index is 12.5. The van der Waals surface area contributed by atoms with E-state index < -0.39 is 15.9 Å². The van der Waals surface area contributed by atoms with Gasteiger partial charge in [0, 0.05) is 11.6 Å². The summed E-state index contributed by atoms with van der Waals surface area (Å²) in [7, 11) is -3.89. The fourth-order valence-electron chi connectivity index (χ4n) is 2.10. The molecule has 0 aromatic heterocycles. The van der Waals surface area contributed by atoms with Crippen molar-refractivity contribution in [2.45, 2.75) is 11.8 Å². The quantitative estimate of drug-likeness (QED) is 0.666. The average Bonchev–Trinajstić information content (AvgIpc) is 2.60. The highest BCUT2D eigenvalue weighted by Crippen LogP contribution is 2.21. The van der Waals surface area contributed by atoms with Gasteiger partial charge in [-0.25, -0.2) is 8.42 Å². The first-order valence-corrected chi connectivity index (χ1v) is 9.62. The fourth-order valence-corrected chi connectivity index (χ4v) is 3.31. The van der Waals surface area contributed by atoms with Crippen LogP contribution >= 0.6 is 11.6 Å². The van der Waals surface area contributed by atoms with E-state index in [1.807, 2.05) is 0 Å². The molecule has 2 aromatic carbocycles. The summed E-state index contributed by atoms with van der Waals surface area (Å²) in [6, 6.07) is 11.8. The first-order chi connectivity index (χ1) is 12.3. The van der Waals surface area contributed by atoms with Crippen molar-refractivity contribution >= 4 is 39.1 Å². The van der Waals surface area contributed by atoms with Gasteiger partial charge in [0.15, 0.2) is 0 Å². The zero-order valence-electron chi connectivity index (χ0n) is 14.0. The zero-order chi connectivity index (χ0) is 19.2. The standard InChI is InChI=1S/C17H18ClN3O4S/c1-2-19-16(22)11-20-17(23)14-5-3-4-6-15(14)21-26(24,25)13-9-7-12(18)8-10-13/h3-10,21H,2,11H2,1H3,(H,19,22)(H,20,23). The van der Waals surface area contributed by atoms with Crippen LogP contribution in [0.4, 0.5) is 5.69 Å². The van der Waals surface area contributed by atoms with Crippen LogP contribution in [0.15, 0.2) is 53.4 Å². The van der Waals surface area contributed by atoms with Gasteiger partial charge in [0.25, 0.3) is 15.9 Å².